The fourth-order valence-corrected chi connectivity index (χ4v) is 6.13. The lowest BCUT2D eigenvalue weighted by Gasteiger charge is -2.26. The van der Waals surface area contributed by atoms with Gasteiger partial charge in [0.1, 0.15) is 0 Å². The number of carbonyl (C=O) groups excluding carboxylic acids is 1. The quantitative estimate of drug-likeness (QED) is 0.140. The Balaban J connectivity index is 5.07. The Morgan fingerprint density at radius 3 is 2.16 bits per heavy atom. The first kappa shape index (κ1) is 30.6. The monoisotopic (exact) mass is 490 g/mol. The van der Waals surface area contributed by atoms with Crippen LogP contribution in [0.1, 0.15) is 40.5 Å². The summed E-state index contributed by atoms with van der Waals surface area (Å²) in [6.07, 6.45) is -1.91. The van der Waals surface area contributed by atoms with Crippen molar-refractivity contribution >= 4 is 24.3 Å². The third-order valence-corrected chi connectivity index (χ3v) is 7.43. The van der Waals surface area contributed by atoms with Gasteiger partial charge in [0, 0.05) is 5.75 Å². The Kier molecular flexibility index (Phi) is 17.8. The van der Waals surface area contributed by atoms with E-state index < -0.39 is 32.0 Å². The average Bonchev–Trinajstić information content (AvgIpc) is 2.68. The Hall–Kier alpha value is -0.430. The first-order chi connectivity index (χ1) is 14.7. The van der Waals surface area contributed by atoms with E-state index >= 15 is 0 Å². The number of rotatable bonds is 19. The van der Waals surface area contributed by atoms with Crippen LogP contribution in [0.3, 0.4) is 0 Å². The Bertz CT molecular complexity index is 512. The van der Waals surface area contributed by atoms with Crippen LogP contribution in [0.25, 0.3) is 0 Å². The molecule has 0 amide bonds. The van der Waals surface area contributed by atoms with Crippen LogP contribution in [-0.4, -0.2) is 76.5 Å². The van der Waals surface area contributed by atoms with E-state index in [9.17, 15) is 14.5 Å². The number of aliphatic hydroxyl groups is 1. The molecule has 0 saturated carbocycles. The summed E-state index contributed by atoms with van der Waals surface area (Å²) in [5.41, 5.74) is 0. The molecule has 11 nitrogen and oxygen atoms in total. The maximum atomic E-state index is 13.4. The lowest BCUT2D eigenvalue weighted by atomic mass is 10.2. The van der Waals surface area contributed by atoms with Crippen molar-refractivity contribution < 1.29 is 42.5 Å². The summed E-state index contributed by atoms with van der Waals surface area (Å²) in [5.74, 6) is 0.550. The van der Waals surface area contributed by atoms with E-state index in [2.05, 4.69) is 10.6 Å². The van der Waals surface area contributed by atoms with Crippen molar-refractivity contribution in [2.75, 3.05) is 46.2 Å². The molecule has 186 valence electrons. The molecule has 0 radical (unpaired) electrons. The van der Waals surface area contributed by atoms with Crippen molar-refractivity contribution in [1.82, 2.24) is 10.6 Å². The normalized spacial score (nSPS) is 16.5. The SMILES string of the molecule is CCCOC(=O)OC(C)OP(=O)(OC(C)OC(O)OCCC)SCC(CNC)CNC. The molecule has 0 aromatic heterocycles. The molecule has 0 heterocycles. The van der Waals surface area contributed by atoms with Gasteiger partial charge >= 0.3 is 13.0 Å². The minimum atomic E-state index is -3.86. The van der Waals surface area contributed by atoms with Crippen molar-refractivity contribution in [2.45, 2.75) is 59.6 Å². The molecule has 0 aromatic rings. The van der Waals surface area contributed by atoms with Gasteiger partial charge in [-0.05, 0) is 71.2 Å². The second kappa shape index (κ2) is 18.0. The third kappa shape index (κ3) is 15.9. The van der Waals surface area contributed by atoms with Crippen LogP contribution in [-0.2, 0) is 32.6 Å². The molecule has 3 N–H and O–H groups in total. The van der Waals surface area contributed by atoms with Crippen molar-refractivity contribution in [1.29, 1.82) is 0 Å². The van der Waals surface area contributed by atoms with E-state index in [-0.39, 0.29) is 19.1 Å². The van der Waals surface area contributed by atoms with E-state index in [0.29, 0.717) is 31.7 Å². The zero-order chi connectivity index (χ0) is 23.7. The van der Waals surface area contributed by atoms with Gasteiger partial charge in [0.15, 0.2) is 6.29 Å². The van der Waals surface area contributed by atoms with E-state index in [0.717, 1.165) is 11.4 Å². The van der Waals surface area contributed by atoms with Gasteiger partial charge < -0.3 is 34.7 Å². The lowest BCUT2D eigenvalue weighted by molar-refractivity contribution is -0.306. The molecule has 0 aliphatic carbocycles. The third-order valence-electron chi connectivity index (χ3n) is 3.47. The average molecular weight is 491 g/mol. The topological polar surface area (TPSA) is 134 Å². The summed E-state index contributed by atoms with van der Waals surface area (Å²) in [4.78, 5) is 11.7. The number of hydrogen-bond donors (Lipinski definition) is 3. The molecule has 0 bridgehead atoms. The van der Waals surface area contributed by atoms with Crippen molar-refractivity contribution in [3.8, 4) is 0 Å². The molecule has 0 aliphatic heterocycles. The van der Waals surface area contributed by atoms with E-state index in [1.807, 2.05) is 27.9 Å². The first-order valence-electron chi connectivity index (χ1n) is 10.4. The zero-order valence-corrected chi connectivity index (χ0v) is 21.0. The highest BCUT2D eigenvalue weighted by Crippen LogP contribution is 2.62. The largest absolute Gasteiger partial charge is 0.510 e. The Labute approximate surface area is 189 Å². The van der Waals surface area contributed by atoms with Crippen LogP contribution >= 0.6 is 18.2 Å². The van der Waals surface area contributed by atoms with Crippen LogP contribution in [0.4, 0.5) is 4.79 Å². The van der Waals surface area contributed by atoms with Crippen LogP contribution in [0, 0.1) is 5.92 Å². The van der Waals surface area contributed by atoms with Gasteiger partial charge in [0.25, 0.3) is 6.48 Å². The van der Waals surface area contributed by atoms with Gasteiger partial charge in [0.2, 0.25) is 6.29 Å². The molecule has 4 unspecified atom stereocenters. The molecular weight excluding hydrogens is 451 g/mol. The zero-order valence-electron chi connectivity index (χ0n) is 19.3. The highest BCUT2D eigenvalue weighted by molar-refractivity contribution is 8.55. The Morgan fingerprint density at radius 2 is 1.61 bits per heavy atom. The molecule has 0 saturated heterocycles. The molecule has 0 fully saturated rings. The first-order valence-corrected chi connectivity index (χ1v) is 13.5. The second-order valence-electron chi connectivity index (χ2n) is 6.60. The van der Waals surface area contributed by atoms with Gasteiger partial charge in [0.05, 0.1) is 13.2 Å². The smallest absolute Gasteiger partial charge is 0.434 e. The number of carbonyl (C=O) groups is 1. The highest BCUT2D eigenvalue weighted by atomic mass is 32.7. The van der Waals surface area contributed by atoms with Crippen LogP contribution in [0.15, 0.2) is 0 Å². The van der Waals surface area contributed by atoms with E-state index in [4.69, 9.17) is 28.0 Å². The minimum absolute atomic E-state index is 0.126. The Morgan fingerprint density at radius 1 is 1.03 bits per heavy atom. The van der Waals surface area contributed by atoms with Crippen LogP contribution in [0.5, 0.6) is 0 Å². The molecule has 13 heteroatoms. The number of ether oxygens (including phenoxy) is 4. The summed E-state index contributed by atoms with van der Waals surface area (Å²) in [5, 5.41) is 15.9. The van der Waals surface area contributed by atoms with Crippen LogP contribution < -0.4 is 10.6 Å². The number of hydrogen-bond acceptors (Lipinski definition) is 12. The maximum absolute atomic E-state index is 13.4. The van der Waals surface area contributed by atoms with Gasteiger partial charge in [-0.1, -0.05) is 13.8 Å². The summed E-state index contributed by atoms with van der Waals surface area (Å²) >= 11 is 0.955. The van der Waals surface area contributed by atoms with E-state index in [1.165, 1.54) is 13.8 Å². The minimum Gasteiger partial charge on any atom is -0.434 e. The summed E-state index contributed by atoms with van der Waals surface area (Å²) in [6, 6.07) is 0. The molecule has 4 atom stereocenters. The van der Waals surface area contributed by atoms with E-state index in [1.54, 1.807) is 0 Å². The fraction of sp³-hybridized carbons (Fsp3) is 0.944. The molecular formula is C18H39N2O9PS. The maximum Gasteiger partial charge on any atom is 0.510 e. The molecule has 0 spiro atoms. The fourth-order valence-electron chi connectivity index (χ4n) is 2.24. The summed E-state index contributed by atoms with van der Waals surface area (Å²) < 4.78 is 44.3. The summed E-state index contributed by atoms with van der Waals surface area (Å²) in [6.45, 7) is 3.04. The van der Waals surface area contributed by atoms with Crippen molar-refractivity contribution in [3.05, 3.63) is 0 Å². The second-order valence-corrected chi connectivity index (χ2v) is 10.6. The van der Waals surface area contributed by atoms with Crippen molar-refractivity contribution in [2.24, 2.45) is 5.92 Å². The predicted molar refractivity (Wildman–Crippen MR) is 119 cm³/mol. The van der Waals surface area contributed by atoms with Crippen LogP contribution in [0.2, 0.25) is 0 Å². The standard InChI is InChI=1S/C18H39N2O9PS/c1-7-9-24-17(21)26-14(3)28-30(23,31-13-16(11-19-5)12-20-6)29-15(4)27-18(22)25-10-8-2/h14-17,19-21H,7-13H2,1-6H3. The van der Waals surface area contributed by atoms with Gasteiger partial charge in [-0.2, -0.15) is 0 Å². The number of aliphatic hydroxyl groups excluding tert-OH is 1. The molecule has 0 aliphatic rings. The number of nitrogens with one attached hydrogen (secondary N) is 2. The highest BCUT2D eigenvalue weighted by Gasteiger charge is 2.34. The van der Waals surface area contributed by atoms with Gasteiger partial charge in [-0.15, -0.1) is 0 Å². The molecule has 0 aromatic carbocycles. The lowest BCUT2D eigenvalue weighted by Crippen LogP contribution is -2.30. The summed E-state index contributed by atoms with van der Waals surface area (Å²) in [7, 11) is 3.65. The predicted octanol–water partition coefficient (Wildman–Crippen LogP) is 2.89. The van der Waals surface area contributed by atoms with Gasteiger partial charge in [-0.3, -0.25) is 9.05 Å². The van der Waals surface area contributed by atoms with Gasteiger partial charge in [-0.25, -0.2) is 9.36 Å². The van der Waals surface area contributed by atoms with Crippen molar-refractivity contribution in [3.63, 3.8) is 0 Å². The molecule has 0 rings (SSSR count). The molecule has 31 heavy (non-hydrogen) atoms.